The van der Waals surface area contributed by atoms with Gasteiger partial charge in [0.25, 0.3) is 0 Å². The van der Waals surface area contributed by atoms with Crippen molar-refractivity contribution in [2.75, 3.05) is 6.54 Å². The van der Waals surface area contributed by atoms with Gasteiger partial charge in [0.2, 0.25) is 0 Å². The molecule has 0 aliphatic rings. The van der Waals surface area contributed by atoms with E-state index in [-0.39, 0.29) is 0 Å². The molecule has 0 fully saturated rings. The maximum Gasteiger partial charge on any atom is 0.0794 e. The minimum absolute atomic E-state index is 0.485. The first-order valence-electron chi connectivity index (χ1n) is 5.90. The molecule has 1 aromatic heterocycles. The van der Waals surface area contributed by atoms with Crippen LogP contribution in [-0.2, 0) is 12.8 Å². The van der Waals surface area contributed by atoms with Crippen molar-refractivity contribution in [3.8, 4) is 0 Å². The van der Waals surface area contributed by atoms with E-state index in [2.05, 4.69) is 41.6 Å². The van der Waals surface area contributed by atoms with Crippen molar-refractivity contribution in [2.24, 2.45) is 11.7 Å². The summed E-state index contributed by atoms with van der Waals surface area (Å²) in [7, 11) is 0. The van der Waals surface area contributed by atoms with Gasteiger partial charge in [0.15, 0.2) is 0 Å². The Labute approximate surface area is 107 Å². The lowest BCUT2D eigenvalue weighted by atomic mass is 9.94. The summed E-state index contributed by atoms with van der Waals surface area (Å²) in [6.07, 6.45) is 2.02. The molecule has 0 saturated heterocycles. The summed E-state index contributed by atoms with van der Waals surface area (Å²) in [5.74, 6) is 0.485. The van der Waals surface area contributed by atoms with Crippen molar-refractivity contribution in [2.45, 2.75) is 19.8 Å². The molecule has 2 aromatic rings. The molecule has 0 bridgehead atoms. The van der Waals surface area contributed by atoms with Crippen molar-refractivity contribution in [3.05, 3.63) is 52.0 Å². The molecule has 1 aromatic carbocycles. The van der Waals surface area contributed by atoms with E-state index in [9.17, 15) is 0 Å². The predicted octanol–water partition coefficient (Wildman–Crippen LogP) is 2.81. The molecule has 1 atom stereocenters. The Bertz CT molecular complexity index is 451. The summed E-state index contributed by atoms with van der Waals surface area (Å²) in [5, 5.41) is 2.11. The number of thiazole rings is 1. The molecule has 0 spiro atoms. The van der Waals surface area contributed by atoms with E-state index >= 15 is 0 Å². The summed E-state index contributed by atoms with van der Waals surface area (Å²) in [6.45, 7) is 2.84. The zero-order chi connectivity index (χ0) is 12.1. The van der Waals surface area contributed by atoms with Crippen LogP contribution in [0.3, 0.4) is 0 Å². The van der Waals surface area contributed by atoms with E-state index in [0.717, 1.165) is 18.5 Å². The number of rotatable bonds is 5. The third kappa shape index (κ3) is 3.65. The van der Waals surface area contributed by atoms with E-state index in [0.29, 0.717) is 12.5 Å². The zero-order valence-electron chi connectivity index (χ0n) is 10.1. The number of hydrogen-bond acceptors (Lipinski definition) is 3. The summed E-state index contributed by atoms with van der Waals surface area (Å²) >= 11 is 1.65. The number of aryl methyl sites for hydroxylation is 1. The van der Waals surface area contributed by atoms with Crippen LogP contribution in [-0.4, -0.2) is 11.5 Å². The molecule has 0 saturated carbocycles. The van der Waals surface area contributed by atoms with E-state index in [1.54, 1.807) is 11.3 Å². The SMILES string of the molecule is Cc1cccc(CC(CN)Cc2cscn2)c1. The number of hydrogen-bond donors (Lipinski definition) is 1. The van der Waals surface area contributed by atoms with Gasteiger partial charge in [-0.3, -0.25) is 0 Å². The third-order valence-electron chi connectivity index (χ3n) is 2.92. The monoisotopic (exact) mass is 246 g/mol. The van der Waals surface area contributed by atoms with E-state index in [1.165, 1.54) is 11.1 Å². The molecule has 3 heteroatoms. The maximum atomic E-state index is 5.85. The van der Waals surface area contributed by atoms with E-state index in [4.69, 9.17) is 5.73 Å². The van der Waals surface area contributed by atoms with Gasteiger partial charge in [-0.1, -0.05) is 29.8 Å². The third-order valence-corrected chi connectivity index (χ3v) is 3.56. The van der Waals surface area contributed by atoms with Crippen LogP contribution in [0.15, 0.2) is 35.2 Å². The molecule has 17 heavy (non-hydrogen) atoms. The minimum Gasteiger partial charge on any atom is -0.330 e. The van der Waals surface area contributed by atoms with Crippen LogP contribution < -0.4 is 5.73 Å². The van der Waals surface area contributed by atoms with Gasteiger partial charge in [-0.15, -0.1) is 11.3 Å². The molecule has 0 radical (unpaired) electrons. The van der Waals surface area contributed by atoms with Gasteiger partial charge in [0.1, 0.15) is 0 Å². The van der Waals surface area contributed by atoms with Gasteiger partial charge in [-0.25, -0.2) is 4.98 Å². The largest absolute Gasteiger partial charge is 0.330 e. The second-order valence-corrected chi connectivity index (χ2v) is 5.20. The van der Waals surface area contributed by atoms with Gasteiger partial charge in [-0.05, 0) is 37.8 Å². The van der Waals surface area contributed by atoms with Crippen LogP contribution in [0.5, 0.6) is 0 Å². The fourth-order valence-electron chi connectivity index (χ4n) is 2.05. The Kier molecular flexibility index (Phi) is 4.29. The Hall–Kier alpha value is -1.19. The minimum atomic E-state index is 0.485. The van der Waals surface area contributed by atoms with Crippen molar-refractivity contribution in [1.29, 1.82) is 0 Å². The van der Waals surface area contributed by atoms with Crippen LogP contribution in [0.25, 0.3) is 0 Å². The lowest BCUT2D eigenvalue weighted by Crippen LogP contribution is -2.19. The van der Waals surface area contributed by atoms with Crippen molar-refractivity contribution in [3.63, 3.8) is 0 Å². The Morgan fingerprint density at radius 2 is 2.24 bits per heavy atom. The van der Waals surface area contributed by atoms with Crippen LogP contribution >= 0.6 is 11.3 Å². The number of benzene rings is 1. The molecule has 2 nitrogen and oxygen atoms in total. The smallest absolute Gasteiger partial charge is 0.0794 e. The highest BCUT2D eigenvalue weighted by Crippen LogP contribution is 2.15. The second kappa shape index (κ2) is 5.94. The number of nitrogens with two attached hydrogens (primary N) is 1. The topological polar surface area (TPSA) is 38.9 Å². The molecule has 2 N–H and O–H groups in total. The van der Waals surface area contributed by atoms with Gasteiger partial charge in [0.05, 0.1) is 11.2 Å². The average Bonchev–Trinajstić information content (AvgIpc) is 2.81. The molecule has 1 unspecified atom stereocenters. The standard InChI is InChI=1S/C14H18N2S/c1-11-3-2-4-12(5-11)6-13(8-15)7-14-9-17-10-16-14/h2-5,9-10,13H,6-8,15H2,1H3. The molecular weight excluding hydrogens is 228 g/mol. The average molecular weight is 246 g/mol. The van der Waals surface area contributed by atoms with Crippen molar-refractivity contribution >= 4 is 11.3 Å². The Balaban J connectivity index is 2.00. The first-order chi connectivity index (χ1) is 8.28. The lowest BCUT2D eigenvalue weighted by molar-refractivity contribution is 0.528. The van der Waals surface area contributed by atoms with Crippen LogP contribution in [0, 0.1) is 12.8 Å². The van der Waals surface area contributed by atoms with Crippen molar-refractivity contribution < 1.29 is 0 Å². The summed E-state index contributed by atoms with van der Waals surface area (Å²) in [6, 6.07) is 8.66. The highest BCUT2D eigenvalue weighted by Gasteiger charge is 2.10. The maximum absolute atomic E-state index is 5.85. The van der Waals surface area contributed by atoms with Gasteiger partial charge in [0, 0.05) is 5.38 Å². The fourth-order valence-corrected chi connectivity index (χ4v) is 2.62. The molecule has 90 valence electrons. The molecule has 0 aliphatic heterocycles. The van der Waals surface area contributed by atoms with E-state index in [1.807, 2.05) is 5.51 Å². The Morgan fingerprint density at radius 3 is 2.88 bits per heavy atom. The first-order valence-corrected chi connectivity index (χ1v) is 6.85. The van der Waals surface area contributed by atoms with Crippen LogP contribution in [0.4, 0.5) is 0 Å². The van der Waals surface area contributed by atoms with Gasteiger partial charge < -0.3 is 5.73 Å². The van der Waals surface area contributed by atoms with Crippen LogP contribution in [0.2, 0.25) is 0 Å². The second-order valence-electron chi connectivity index (χ2n) is 4.48. The highest BCUT2D eigenvalue weighted by molar-refractivity contribution is 7.07. The molecule has 2 rings (SSSR count). The van der Waals surface area contributed by atoms with E-state index < -0.39 is 0 Å². The molecular formula is C14H18N2S. The number of nitrogens with zero attached hydrogens (tertiary/aromatic N) is 1. The molecule has 1 heterocycles. The normalized spacial score (nSPS) is 12.6. The summed E-state index contributed by atoms with van der Waals surface area (Å²) in [5.41, 5.74) is 11.6. The fraction of sp³-hybridized carbons (Fsp3) is 0.357. The van der Waals surface area contributed by atoms with Crippen molar-refractivity contribution in [1.82, 2.24) is 4.98 Å². The lowest BCUT2D eigenvalue weighted by Gasteiger charge is -2.13. The summed E-state index contributed by atoms with van der Waals surface area (Å²) in [4.78, 5) is 4.33. The molecule has 0 amide bonds. The van der Waals surface area contributed by atoms with Crippen LogP contribution in [0.1, 0.15) is 16.8 Å². The predicted molar refractivity (Wildman–Crippen MR) is 73.2 cm³/mol. The Morgan fingerprint density at radius 1 is 1.35 bits per heavy atom. The number of aromatic nitrogens is 1. The highest BCUT2D eigenvalue weighted by atomic mass is 32.1. The first kappa shape index (κ1) is 12.3. The van der Waals surface area contributed by atoms with Gasteiger partial charge in [-0.2, -0.15) is 0 Å². The zero-order valence-corrected chi connectivity index (χ0v) is 10.9. The quantitative estimate of drug-likeness (QED) is 0.881. The van der Waals surface area contributed by atoms with Gasteiger partial charge >= 0.3 is 0 Å². The summed E-state index contributed by atoms with van der Waals surface area (Å²) < 4.78 is 0. The molecule has 0 aliphatic carbocycles.